The van der Waals surface area contributed by atoms with Crippen molar-refractivity contribution >= 4 is 34.2 Å². The molecule has 1 atom stereocenters. The number of anilines is 1. The maximum absolute atomic E-state index is 11.8. The molecular weight excluding hydrogens is 268 g/mol. The number of amides is 3. The van der Waals surface area contributed by atoms with E-state index in [4.69, 9.17) is 0 Å². The minimum Gasteiger partial charge on any atom is -0.359 e. The lowest BCUT2D eigenvalue weighted by atomic mass is 10.2. The zero-order chi connectivity index (χ0) is 13.8. The Hall–Kier alpha value is -1.96. The zero-order valence-corrected chi connectivity index (χ0v) is 11.2. The average Bonchev–Trinajstić information content (AvgIpc) is 2.98. The number of rotatable bonds is 4. The molecule has 102 valence electrons. The Labute approximate surface area is 113 Å². The van der Waals surface area contributed by atoms with Gasteiger partial charge in [0.2, 0.25) is 17.7 Å². The van der Waals surface area contributed by atoms with Crippen LogP contribution in [-0.4, -0.2) is 35.8 Å². The average molecular weight is 282 g/mol. The van der Waals surface area contributed by atoms with E-state index in [1.54, 1.807) is 12.4 Å². The van der Waals surface area contributed by atoms with Gasteiger partial charge in [0.05, 0.1) is 12.1 Å². The lowest BCUT2D eigenvalue weighted by Gasteiger charge is -2.08. The first-order valence-electron chi connectivity index (χ1n) is 5.83. The molecule has 3 amide bonds. The molecule has 0 saturated carbocycles. The zero-order valence-electron chi connectivity index (χ0n) is 10.4. The van der Waals surface area contributed by atoms with E-state index in [9.17, 15) is 14.4 Å². The Balaban J connectivity index is 1.90. The highest BCUT2D eigenvalue weighted by atomic mass is 32.1. The second-order valence-corrected chi connectivity index (χ2v) is 5.00. The van der Waals surface area contributed by atoms with Crippen molar-refractivity contribution in [3.63, 3.8) is 0 Å². The number of thiazole rings is 1. The van der Waals surface area contributed by atoms with Crippen molar-refractivity contribution < 1.29 is 14.4 Å². The van der Waals surface area contributed by atoms with E-state index in [0.29, 0.717) is 23.7 Å². The second-order valence-electron chi connectivity index (χ2n) is 4.14. The monoisotopic (exact) mass is 282 g/mol. The summed E-state index contributed by atoms with van der Waals surface area (Å²) in [5, 5.41) is 9.88. The van der Waals surface area contributed by atoms with Gasteiger partial charge in [-0.1, -0.05) is 0 Å². The third-order valence-corrected chi connectivity index (χ3v) is 3.52. The first kappa shape index (κ1) is 13.5. The van der Waals surface area contributed by atoms with E-state index in [-0.39, 0.29) is 24.1 Å². The van der Waals surface area contributed by atoms with Gasteiger partial charge in [0.25, 0.3) is 0 Å². The molecule has 8 heteroatoms. The normalized spacial score (nSPS) is 17.9. The number of hydrogen-bond donors (Lipinski definition) is 3. The van der Waals surface area contributed by atoms with E-state index in [1.165, 1.54) is 11.3 Å². The van der Waals surface area contributed by atoms with Gasteiger partial charge in [0, 0.05) is 18.8 Å². The van der Waals surface area contributed by atoms with Crippen LogP contribution in [0.4, 0.5) is 5.13 Å². The summed E-state index contributed by atoms with van der Waals surface area (Å²) in [6.07, 6.45) is 1.06. The molecule has 0 bridgehead atoms. The van der Waals surface area contributed by atoms with Crippen molar-refractivity contribution in [3.8, 4) is 0 Å². The first-order valence-corrected chi connectivity index (χ1v) is 6.71. The number of likely N-dealkylation sites (N-methyl/N-ethyl adjacent to an activating group) is 1. The molecule has 7 nitrogen and oxygen atoms in total. The van der Waals surface area contributed by atoms with Crippen molar-refractivity contribution in [2.75, 3.05) is 12.4 Å². The molecule has 1 unspecified atom stereocenters. The molecule has 3 N–H and O–H groups in total. The van der Waals surface area contributed by atoms with Crippen LogP contribution in [0.5, 0.6) is 0 Å². The lowest BCUT2D eigenvalue weighted by molar-refractivity contribution is -0.122. The van der Waals surface area contributed by atoms with Crippen molar-refractivity contribution in [2.24, 2.45) is 0 Å². The fourth-order valence-electron chi connectivity index (χ4n) is 1.70. The molecule has 0 aliphatic carbocycles. The van der Waals surface area contributed by atoms with Crippen LogP contribution in [0.1, 0.15) is 18.5 Å². The molecule has 0 radical (unpaired) electrons. The first-order chi connectivity index (χ1) is 9.08. The Morgan fingerprint density at radius 1 is 1.58 bits per heavy atom. The van der Waals surface area contributed by atoms with Gasteiger partial charge >= 0.3 is 0 Å². The molecule has 19 heavy (non-hydrogen) atoms. The quantitative estimate of drug-likeness (QED) is 0.702. The van der Waals surface area contributed by atoms with Gasteiger partial charge < -0.3 is 16.0 Å². The number of nitrogens with one attached hydrogen (secondary N) is 3. The number of nitrogens with zero attached hydrogens (tertiary/aromatic N) is 1. The van der Waals surface area contributed by atoms with E-state index >= 15 is 0 Å². The molecule has 1 fully saturated rings. The molecule has 1 aliphatic heterocycles. The Kier molecular flexibility index (Phi) is 4.10. The van der Waals surface area contributed by atoms with Gasteiger partial charge in [0.15, 0.2) is 5.13 Å². The number of aromatic nitrogens is 1. The van der Waals surface area contributed by atoms with E-state index in [1.807, 2.05) is 0 Å². The van der Waals surface area contributed by atoms with Crippen LogP contribution < -0.4 is 16.0 Å². The van der Waals surface area contributed by atoms with Gasteiger partial charge in [-0.3, -0.25) is 14.4 Å². The molecule has 1 saturated heterocycles. The van der Waals surface area contributed by atoms with Crippen LogP contribution in [0.15, 0.2) is 5.38 Å². The Morgan fingerprint density at radius 2 is 2.37 bits per heavy atom. The van der Waals surface area contributed by atoms with E-state index in [0.717, 1.165) is 0 Å². The lowest BCUT2D eigenvalue weighted by Crippen LogP contribution is -2.37. The van der Waals surface area contributed by atoms with Crippen molar-refractivity contribution in [1.82, 2.24) is 15.6 Å². The molecule has 2 heterocycles. The van der Waals surface area contributed by atoms with Gasteiger partial charge in [-0.05, 0) is 6.42 Å². The minimum absolute atomic E-state index is 0.111. The standard InChI is InChI=1S/C11H14N4O3S/c1-12-9(17)4-6-5-19-11(13-6)15-10(18)7-2-3-8(16)14-7/h5,7H,2-4H2,1H3,(H,12,17)(H,14,16)(H,13,15,18). The van der Waals surface area contributed by atoms with Crippen LogP contribution in [0.2, 0.25) is 0 Å². The summed E-state index contributed by atoms with van der Waals surface area (Å²) < 4.78 is 0. The molecule has 0 spiro atoms. The summed E-state index contributed by atoms with van der Waals surface area (Å²) in [5.41, 5.74) is 0.607. The SMILES string of the molecule is CNC(=O)Cc1csc(NC(=O)C2CCC(=O)N2)n1. The third kappa shape index (κ3) is 3.50. The molecule has 1 aromatic rings. The summed E-state index contributed by atoms with van der Waals surface area (Å²) in [5.74, 6) is -0.516. The molecule has 1 aromatic heterocycles. The van der Waals surface area contributed by atoms with Crippen molar-refractivity contribution in [1.29, 1.82) is 0 Å². The highest BCUT2D eigenvalue weighted by molar-refractivity contribution is 7.13. The smallest absolute Gasteiger partial charge is 0.248 e. The predicted octanol–water partition coefficient (Wildman–Crippen LogP) is -0.351. The van der Waals surface area contributed by atoms with Crippen molar-refractivity contribution in [2.45, 2.75) is 25.3 Å². The maximum atomic E-state index is 11.8. The van der Waals surface area contributed by atoms with Gasteiger partial charge in [-0.25, -0.2) is 4.98 Å². The van der Waals surface area contributed by atoms with Gasteiger partial charge in [0.1, 0.15) is 6.04 Å². The van der Waals surface area contributed by atoms with E-state index in [2.05, 4.69) is 20.9 Å². The highest BCUT2D eigenvalue weighted by Gasteiger charge is 2.27. The fourth-order valence-corrected chi connectivity index (χ4v) is 2.41. The summed E-state index contributed by atoms with van der Waals surface area (Å²) in [4.78, 5) is 38.1. The summed E-state index contributed by atoms with van der Waals surface area (Å²) in [6, 6.07) is -0.487. The van der Waals surface area contributed by atoms with Crippen LogP contribution in [0, 0.1) is 0 Å². The van der Waals surface area contributed by atoms with Crippen LogP contribution in [0.25, 0.3) is 0 Å². The third-order valence-electron chi connectivity index (χ3n) is 2.71. The Morgan fingerprint density at radius 3 is 3.00 bits per heavy atom. The number of carbonyl (C=O) groups is 3. The summed E-state index contributed by atoms with van der Waals surface area (Å²) in [6.45, 7) is 0. The molecule has 2 rings (SSSR count). The maximum Gasteiger partial charge on any atom is 0.248 e. The largest absolute Gasteiger partial charge is 0.359 e. The van der Waals surface area contributed by atoms with Crippen LogP contribution in [0.3, 0.4) is 0 Å². The number of carbonyl (C=O) groups excluding carboxylic acids is 3. The Bertz CT molecular complexity index is 514. The predicted molar refractivity (Wildman–Crippen MR) is 69.7 cm³/mol. The second kappa shape index (κ2) is 5.79. The van der Waals surface area contributed by atoms with Crippen molar-refractivity contribution in [3.05, 3.63) is 11.1 Å². The summed E-state index contributed by atoms with van der Waals surface area (Å²) >= 11 is 1.25. The van der Waals surface area contributed by atoms with Gasteiger partial charge in [-0.2, -0.15) is 0 Å². The molecular formula is C11H14N4O3S. The fraction of sp³-hybridized carbons (Fsp3) is 0.455. The minimum atomic E-state index is -0.487. The summed E-state index contributed by atoms with van der Waals surface area (Å²) in [7, 11) is 1.56. The van der Waals surface area contributed by atoms with Gasteiger partial charge in [-0.15, -0.1) is 11.3 Å². The highest BCUT2D eigenvalue weighted by Crippen LogP contribution is 2.17. The van der Waals surface area contributed by atoms with Crippen LogP contribution in [-0.2, 0) is 20.8 Å². The molecule has 0 aromatic carbocycles. The molecule has 1 aliphatic rings. The van der Waals surface area contributed by atoms with E-state index < -0.39 is 6.04 Å². The topological polar surface area (TPSA) is 100 Å². The van der Waals surface area contributed by atoms with Crippen LogP contribution >= 0.6 is 11.3 Å². The number of hydrogen-bond acceptors (Lipinski definition) is 5.